The molecule has 1 aromatic rings. The zero-order chi connectivity index (χ0) is 14.9. The maximum absolute atomic E-state index is 12.5. The molecule has 108 valence electrons. The molecule has 0 aromatic heterocycles. The number of carbonyl (C=O) groups is 1. The Bertz CT molecular complexity index is 564. The highest BCUT2D eigenvalue weighted by Gasteiger charge is 2.35. The average molecular weight is 284 g/mol. The van der Waals surface area contributed by atoms with Gasteiger partial charge in [-0.1, -0.05) is 12.1 Å². The molecule has 0 saturated heterocycles. The number of anilines is 1. The van der Waals surface area contributed by atoms with E-state index in [9.17, 15) is 18.0 Å². The second kappa shape index (κ2) is 5.19. The first kappa shape index (κ1) is 14.4. The van der Waals surface area contributed by atoms with Crippen molar-refractivity contribution < 1.29 is 18.0 Å². The summed E-state index contributed by atoms with van der Waals surface area (Å²) in [5.74, 6) is -0.297. The molecule has 6 heteroatoms. The number of amides is 1. The monoisotopic (exact) mass is 284 g/mol. The van der Waals surface area contributed by atoms with Gasteiger partial charge in [0.15, 0.2) is 0 Å². The molecular formula is C14H15F3N2O. The quantitative estimate of drug-likeness (QED) is 0.636. The molecule has 2 rings (SSSR count). The van der Waals surface area contributed by atoms with E-state index in [-0.39, 0.29) is 25.4 Å². The Morgan fingerprint density at radius 3 is 2.55 bits per heavy atom. The van der Waals surface area contributed by atoms with Crippen LogP contribution in [0.3, 0.4) is 0 Å². The minimum absolute atomic E-state index is 0.0263. The van der Waals surface area contributed by atoms with E-state index in [1.54, 1.807) is 18.2 Å². The van der Waals surface area contributed by atoms with Crippen molar-refractivity contribution in [1.29, 1.82) is 0 Å². The fourth-order valence-corrected chi connectivity index (χ4v) is 2.07. The Hall–Kier alpha value is -1.98. The minimum Gasteiger partial charge on any atom is -0.398 e. The maximum atomic E-state index is 12.5. The second-order valence-electron chi connectivity index (χ2n) is 4.80. The van der Waals surface area contributed by atoms with Gasteiger partial charge in [-0.2, -0.15) is 13.2 Å². The van der Waals surface area contributed by atoms with E-state index in [4.69, 9.17) is 5.73 Å². The SMILES string of the molecule is Cc1ccc(C(=O)N2CC=C(C(F)(F)F)CC2)cc1N. The van der Waals surface area contributed by atoms with Crippen molar-refractivity contribution >= 4 is 11.6 Å². The number of nitrogen functional groups attached to an aromatic ring is 1. The van der Waals surface area contributed by atoms with Crippen LogP contribution in [0.4, 0.5) is 18.9 Å². The third-order valence-corrected chi connectivity index (χ3v) is 3.39. The summed E-state index contributed by atoms with van der Waals surface area (Å²) in [6, 6.07) is 4.92. The molecular weight excluding hydrogens is 269 g/mol. The van der Waals surface area contributed by atoms with Gasteiger partial charge in [0.1, 0.15) is 0 Å². The number of rotatable bonds is 1. The van der Waals surface area contributed by atoms with Gasteiger partial charge in [-0.15, -0.1) is 0 Å². The predicted molar refractivity (Wildman–Crippen MR) is 70.2 cm³/mol. The number of nitrogens with two attached hydrogens (primary N) is 1. The molecule has 0 spiro atoms. The first-order chi connectivity index (χ1) is 9.29. The maximum Gasteiger partial charge on any atom is 0.412 e. The van der Waals surface area contributed by atoms with Crippen molar-refractivity contribution in [2.24, 2.45) is 0 Å². The van der Waals surface area contributed by atoms with Crippen LogP contribution in [0.2, 0.25) is 0 Å². The Balaban J connectivity index is 2.12. The largest absolute Gasteiger partial charge is 0.412 e. The van der Waals surface area contributed by atoms with Gasteiger partial charge >= 0.3 is 6.18 Å². The standard InChI is InChI=1S/C14H15F3N2O/c1-9-2-3-10(8-12(9)18)13(20)19-6-4-11(5-7-19)14(15,16)17/h2-4,8H,5-7,18H2,1H3. The number of carbonyl (C=O) groups excluding carboxylic acids is 1. The van der Waals surface area contributed by atoms with Gasteiger partial charge in [0.2, 0.25) is 0 Å². The highest BCUT2D eigenvalue weighted by atomic mass is 19.4. The van der Waals surface area contributed by atoms with Crippen molar-refractivity contribution in [3.8, 4) is 0 Å². The Morgan fingerprint density at radius 1 is 1.35 bits per heavy atom. The fourth-order valence-electron chi connectivity index (χ4n) is 2.07. The zero-order valence-electron chi connectivity index (χ0n) is 11.0. The van der Waals surface area contributed by atoms with Gasteiger partial charge in [-0.05, 0) is 31.0 Å². The molecule has 1 aliphatic rings. The molecule has 0 radical (unpaired) electrons. The van der Waals surface area contributed by atoms with Gasteiger partial charge in [0.05, 0.1) is 0 Å². The van der Waals surface area contributed by atoms with Crippen LogP contribution in [-0.4, -0.2) is 30.1 Å². The van der Waals surface area contributed by atoms with Gasteiger partial charge < -0.3 is 10.6 Å². The number of halogens is 3. The lowest BCUT2D eigenvalue weighted by molar-refractivity contribution is -0.0957. The summed E-state index contributed by atoms with van der Waals surface area (Å²) in [7, 11) is 0. The first-order valence-electron chi connectivity index (χ1n) is 6.20. The molecule has 3 nitrogen and oxygen atoms in total. The topological polar surface area (TPSA) is 46.3 Å². The average Bonchev–Trinajstić information content (AvgIpc) is 2.40. The fraction of sp³-hybridized carbons (Fsp3) is 0.357. The number of benzene rings is 1. The van der Waals surface area contributed by atoms with E-state index in [1.807, 2.05) is 6.92 Å². The summed E-state index contributed by atoms with van der Waals surface area (Å²) in [5.41, 5.74) is 6.93. The van der Waals surface area contributed by atoms with Crippen LogP contribution in [0.25, 0.3) is 0 Å². The van der Waals surface area contributed by atoms with Crippen LogP contribution in [0.1, 0.15) is 22.3 Å². The summed E-state index contributed by atoms with van der Waals surface area (Å²) >= 11 is 0. The molecule has 1 heterocycles. The van der Waals surface area contributed by atoms with E-state index in [2.05, 4.69) is 0 Å². The lowest BCUT2D eigenvalue weighted by Crippen LogP contribution is -2.36. The molecule has 0 aliphatic carbocycles. The molecule has 1 aliphatic heterocycles. The Labute approximate surface area is 114 Å². The lowest BCUT2D eigenvalue weighted by Gasteiger charge is -2.27. The number of aryl methyl sites for hydroxylation is 1. The van der Waals surface area contributed by atoms with Crippen LogP contribution >= 0.6 is 0 Å². The van der Waals surface area contributed by atoms with Crippen LogP contribution in [0.15, 0.2) is 29.8 Å². The second-order valence-corrected chi connectivity index (χ2v) is 4.80. The van der Waals surface area contributed by atoms with E-state index in [1.165, 1.54) is 4.90 Å². The molecule has 0 saturated carbocycles. The van der Waals surface area contributed by atoms with Crippen molar-refractivity contribution in [1.82, 2.24) is 4.90 Å². The number of hydrogen-bond donors (Lipinski definition) is 1. The predicted octanol–water partition coefficient (Wildman–Crippen LogP) is 2.91. The van der Waals surface area contributed by atoms with Crippen LogP contribution in [0, 0.1) is 6.92 Å². The first-order valence-corrected chi connectivity index (χ1v) is 6.20. The summed E-state index contributed by atoms with van der Waals surface area (Å²) in [4.78, 5) is 13.6. The number of nitrogens with zero attached hydrogens (tertiary/aromatic N) is 1. The number of hydrogen-bond acceptors (Lipinski definition) is 2. The van der Waals surface area contributed by atoms with Gasteiger partial charge in [-0.25, -0.2) is 0 Å². The molecule has 1 amide bonds. The van der Waals surface area contributed by atoms with E-state index in [0.29, 0.717) is 11.3 Å². The normalized spacial score (nSPS) is 16.0. The van der Waals surface area contributed by atoms with E-state index >= 15 is 0 Å². The number of alkyl halides is 3. The minimum atomic E-state index is -4.30. The van der Waals surface area contributed by atoms with Crippen molar-refractivity contribution in [2.75, 3.05) is 18.8 Å². The highest BCUT2D eigenvalue weighted by molar-refractivity contribution is 5.95. The summed E-state index contributed by atoms with van der Waals surface area (Å²) < 4.78 is 37.5. The smallest absolute Gasteiger partial charge is 0.398 e. The van der Waals surface area contributed by atoms with E-state index in [0.717, 1.165) is 11.6 Å². The van der Waals surface area contributed by atoms with Crippen molar-refractivity contribution in [3.63, 3.8) is 0 Å². The molecule has 0 atom stereocenters. The van der Waals surface area contributed by atoms with E-state index < -0.39 is 11.7 Å². The zero-order valence-corrected chi connectivity index (χ0v) is 11.0. The summed E-state index contributed by atoms with van der Waals surface area (Å²) in [5, 5.41) is 0. The van der Waals surface area contributed by atoms with Gasteiger partial charge in [-0.3, -0.25) is 4.79 Å². The van der Waals surface area contributed by atoms with Gasteiger partial charge in [0.25, 0.3) is 5.91 Å². The Kier molecular flexibility index (Phi) is 3.74. The van der Waals surface area contributed by atoms with Crippen LogP contribution in [0.5, 0.6) is 0 Å². The third-order valence-electron chi connectivity index (χ3n) is 3.39. The van der Waals surface area contributed by atoms with Gasteiger partial charge in [0, 0.05) is 29.9 Å². The molecule has 0 fully saturated rings. The lowest BCUT2D eigenvalue weighted by atomic mass is 10.1. The van der Waals surface area contributed by atoms with Crippen LogP contribution < -0.4 is 5.73 Å². The third kappa shape index (κ3) is 2.95. The molecule has 2 N–H and O–H groups in total. The molecule has 0 unspecified atom stereocenters. The van der Waals surface area contributed by atoms with Crippen molar-refractivity contribution in [2.45, 2.75) is 19.5 Å². The van der Waals surface area contributed by atoms with Crippen LogP contribution in [-0.2, 0) is 0 Å². The molecule has 0 bridgehead atoms. The van der Waals surface area contributed by atoms with Crippen molar-refractivity contribution in [3.05, 3.63) is 41.0 Å². The summed E-state index contributed by atoms with van der Waals surface area (Å²) in [6.45, 7) is 1.86. The Morgan fingerprint density at radius 2 is 2.05 bits per heavy atom. The molecule has 20 heavy (non-hydrogen) atoms. The highest BCUT2D eigenvalue weighted by Crippen LogP contribution is 2.30. The molecule has 1 aromatic carbocycles. The summed E-state index contributed by atoms with van der Waals surface area (Å²) in [6.07, 6.45) is -3.40.